The topological polar surface area (TPSA) is 70.7 Å². The summed E-state index contributed by atoms with van der Waals surface area (Å²) in [5.74, 6) is 1.17. The largest absolute Gasteiger partial charge is 0.370 e. The van der Waals surface area contributed by atoms with Crippen LogP contribution >= 0.6 is 0 Å². The SMILES string of the molecule is CCCCN=C(NCC)N1CCCC(CC(N)=O)C1. The number of piperidine rings is 1. The highest BCUT2D eigenvalue weighted by Gasteiger charge is 2.23. The molecule has 1 unspecified atom stereocenters. The van der Waals surface area contributed by atoms with Crippen LogP contribution in [0.2, 0.25) is 0 Å². The van der Waals surface area contributed by atoms with Gasteiger partial charge in [-0.1, -0.05) is 13.3 Å². The number of carbonyl (C=O) groups excluding carboxylic acids is 1. The van der Waals surface area contributed by atoms with Crippen LogP contribution in [0.15, 0.2) is 4.99 Å². The number of nitrogens with zero attached hydrogens (tertiary/aromatic N) is 2. The maximum absolute atomic E-state index is 11.0. The maximum Gasteiger partial charge on any atom is 0.217 e. The third-order valence-corrected chi connectivity index (χ3v) is 3.42. The molecule has 1 aliphatic rings. The van der Waals surface area contributed by atoms with Crippen molar-refractivity contribution in [3.8, 4) is 0 Å². The van der Waals surface area contributed by atoms with Crippen molar-refractivity contribution in [1.82, 2.24) is 10.2 Å². The molecule has 0 aromatic heterocycles. The van der Waals surface area contributed by atoms with Gasteiger partial charge in [0.15, 0.2) is 5.96 Å². The van der Waals surface area contributed by atoms with Gasteiger partial charge in [-0.15, -0.1) is 0 Å². The molecule has 0 aromatic rings. The van der Waals surface area contributed by atoms with E-state index in [4.69, 9.17) is 5.73 Å². The molecule has 5 heteroatoms. The average Bonchev–Trinajstić information content (AvgIpc) is 2.37. The summed E-state index contributed by atoms with van der Waals surface area (Å²) in [6, 6.07) is 0. The number of hydrogen-bond donors (Lipinski definition) is 2. The molecular weight excluding hydrogens is 240 g/mol. The molecule has 110 valence electrons. The van der Waals surface area contributed by atoms with E-state index < -0.39 is 0 Å². The van der Waals surface area contributed by atoms with Gasteiger partial charge in [-0.25, -0.2) is 0 Å². The van der Waals surface area contributed by atoms with Gasteiger partial charge in [0.25, 0.3) is 0 Å². The summed E-state index contributed by atoms with van der Waals surface area (Å²) in [7, 11) is 0. The lowest BCUT2D eigenvalue weighted by Crippen LogP contribution is -2.47. The van der Waals surface area contributed by atoms with Crippen molar-refractivity contribution in [2.45, 2.75) is 46.0 Å². The number of nitrogens with one attached hydrogen (secondary N) is 1. The molecule has 1 amide bonds. The number of unbranched alkanes of at least 4 members (excludes halogenated alkanes) is 1. The molecule has 1 aliphatic heterocycles. The van der Waals surface area contributed by atoms with Crippen molar-refractivity contribution in [1.29, 1.82) is 0 Å². The van der Waals surface area contributed by atoms with E-state index in [1.165, 1.54) is 0 Å². The van der Waals surface area contributed by atoms with Crippen molar-refractivity contribution in [3.05, 3.63) is 0 Å². The van der Waals surface area contributed by atoms with E-state index >= 15 is 0 Å². The van der Waals surface area contributed by atoms with Gasteiger partial charge in [-0.05, 0) is 32.1 Å². The van der Waals surface area contributed by atoms with Crippen LogP contribution < -0.4 is 11.1 Å². The lowest BCUT2D eigenvalue weighted by Gasteiger charge is -2.34. The van der Waals surface area contributed by atoms with Gasteiger partial charge in [0.05, 0.1) is 0 Å². The lowest BCUT2D eigenvalue weighted by atomic mass is 9.95. The fourth-order valence-electron chi connectivity index (χ4n) is 2.48. The van der Waals surface area contributed by atoms with E-state index in [1.54, 1.807) is 0 Å². The van der Waals surface area contributed by atoms with Crippen LogP contribution in [0.25, 0.3) is 0 Å². The van der Waals surface area contributed by atoms with Crippen LogP contribution in [0.1, 0.15) is 46.0 Å². The van der Waals surface area contributed by atoms with Crippen molar-refractivity contribution in [3.63, 3.8) is 0 Å². The van der Waals surface area contributed by atoms with E-state index in [2.05, 4.69) is 29.1 Å². The monoisotopic (exact) mass is 268 g/mol. The summed E-state index contributed by atoms with van der Waals surface area (Å²) < 4.78 is 0. The number of hydrogen-bond acceptors (Lipinski definition) is 2. The van der Waals surface area contributed by atoms with E-state index in [0.717, 1.165) is 57.8 Å². The number of guanidine groups is 1. The van der Waals surface area contributed by atoms with Gasteiger partial charge in [-0.3, -0.25) is 9.79 Å². The van der Waals surface area contributed by atoms with Crippen molar-refractivity contribution >= 4 is 11.9 Å². The summed E-state index contributed by atoms with van der Waals surface area (Å²) in [5.41, 5.74) is 5.30. The molecule has 1 atom stereocenters. The molecule has 0 bridgehead atoms. The predicted molar refractivity (Wildman–Crippen MR) is 79.0 cm³/mol. The molecule has 1 saturated heterocycles. The molecule has 19 heavy (non-hydrogen) atoms. The van der Waals surface area contributed by atoms with Gasteiger partial charge < -0.3 is 16.0 Å². The third kappa shape index (κ3) is 5.94. The maximum atomic E-state index is 11.0. The average molecular weight is 268 g/mol. The van der Waals surface area contributed by atoms with Crippen LogP contribution in [0.5, 0.6) is 0 Å². The number of primary amides is 1. The third-order valence-electron chi connectivity index (χ3n) is 3.42. The molecule has 3 N–H and O–H groups in total. The summed E-state index contributed by atoms with van der Waals surface area (Å²) in [5, 5.41) is 3.34. The van der Waals surface area contributed by atoms with Gasteiger partial charge in [0.2, 0.25) is 5.91 Å². The summed E-state index contributed by atoms with van der Waals surface area (Å²) in [6.45, 7) is 7.91. The number of rotatable bonds is 6. The molecule has 0 aliphatic carbocycles. The zero-order chi connectivity index (χ0) is 14.1. The Balaban J connectivity index is 2.56. The lowest BCUT2D eigenvalue weighted by molar-refractivity contribution is -0.119. The molecule has 0 aromatic carbocycles. The number of nitrogens with two attached hydrogens (primary N) is 1. The minimum atomic E-state index is -0.195. The van der Waals surface area contributed by atoms with E-state index in [-0.39, 0.29) is 5.91 Å². The normalized spacial score (nSPS) is 20.4. The second-order valence-corrected chi connectivity index (χ2v) is 5.21. The first-order chi connectivity index (χ1) is 9.17. The Morgan fingerprint density at radius 3 is 2.89 bits per heavy atom. The van der Waals surface area contributed by atoms with Crippen LogP contribution in [0.3, 0.4) is 0 Å². The molecule has 0 saturated carbocycles. The van der Waals surface area contributed by atoms with Crippen molar-refractivity contribution in [2.24, 2.45) is 16.6 Å². The molecule has 5 nitrogen and oxygen atoms in total. The Morgan fingerprint density at radius 1 is 1.47 bits per heavy atom. The Morgan fingerprint density at radius 2 is 2.26 bits per heavy atom. The second-order valence-electron chi connectivity index (χ2n) is 5.21. The second kappa shape index (κ2) is 8.77. The van der Waals surface area contributed by atoms with Crippen molar-refractivity contribution in [2.75, 3.05) is 26.2 Å². The minimum absolute atomic E-state index is 0.195. The van der Waals surface area contributed by atoms with Crippen molar-refractivity contribution < 1.29 is 4.79 Å². The fourth-order valence-corrected chi connectivity index (χ4v) is 2.48. The predicted octanol–water partition coefficient (Wildman–Crippen LogP) is 1.34. The highest BCUT2D eigenvalue weighted by atomic mass is 16.1. The number of likely N-dealkylation sites (tertiary alicyclic amines) is 1. The van der Waals surface area contributed by atoms with Gasteiger partial charge in [0.1, 0.15) is 0 Å². The van der Waals surface area contributed by atoms with Crippen LogP contribution in [0.4, 0.5) is 0 Å². The first-order valence-corrected chi connectivity index (χ1v) is 7.48. The Kier molecular flexibility index (Phi) is 7.30. The van der Waals surface area contributed by atoms with Gasteiger partial charge in [0, 0.05) is 32.6 Å². The van der Waals surface area contributed by atoms with Gasteiger partial charge in [-0.2, -0.15) is 0 Å². The quantitative estimate of drug-likeness (QED) is 0.434. The minimum Gasteiger partial charge on any atom is -0.370 e. The molecule has 1 rings (SSSR count). The first-order valence-electron chi connectivity index (χ1n) is 7.48. The molecular formula is C14H28N4O. The highest BCUT2D eigenvalue weighted by Crippen LogP contribution is 2.19. The van der Waals surface area contributed by atoms with Crippen LogP contribution in [0, 0.1) is 5.92 Å². The molecule has 1 fully saturated rings. The van der Waals surface area contributed by atoms with E-state index in [0.29, 0.717) is 12.3 Å². The fraction of sp³-hybridized carbons (Fsp3) is 0.857. The Labute approximate surface area is 116 Å². The highest BCUT2D eigenvalue weighted by molar-refractivity contribution is 5.80. The van der Waals surface area contributed by atoms with Crippen LogP contribution in [-0.4, -0.2) is 42.9 Å². The zero-order valence-corrected chi connectivity index (χ0v) is 12.3. The number of carbonyl (C=O) groups is 1. The number of amides is 1. The zero-order valence-electron chi connectivity index (χ0n) is 12.3. The Hall–Kier alpha value is -1.26. The smallest absolute Gasteiger partial charge is 0.217 e. The van der Waals surface area contributed by atoms with E-state index in [1.807, 2.05) is 0 Å². The molecule has 1 heterocycles. The summed E-state index contributed by atoms with van der Waals surface area (Å²) >= 11 is 0. The standard InChI is InChI=1S/C14H28N4O/c1-3-5-8-17-14(16-4-2)18-9-6-7-12(11-18)10-13(15)19/h12H,3-11H2,1-2H3,(H2,15,19)(H,16,17). The van der Waals surface area contributed by atoms with Gasteiger partial charge >= 0.3 is 0 Å². The summed E-state index contributed by atoms with van der Waals surface area (Å²) in [4.78, 5) is 18.0. The Bertz CT molecular complexity index is 304. The molecule has 0 spiro atoms. The molecule has 0 radical (unpaired) electrons. The number of aliphatic imine (C=N–C) groups is 1. The van der Waals surface area contributed by atoms with E-state index in [9.17, 15) is 4.79 Å². The van der Waals surface area contributed by atoms with Crippen LogP contribution in [-0.2, 0) is 4.79 Å². The first kappa shape index (κ1) is 15.8. The summed E-state index contributed by atoms with van der Waals surface area (Å²) in [6.07, 6.45) is 4.97.